The van der Waals surface area contributed by atoms with Crippen molar-refractivity contribution in [1.29, 1.82) is 0 Å². The average molecular weight is 948 g/mol. The highest BCUT2D eigenvalue weighted by molar-refractivity contribution is 5.71. The van der Waals surface area contributed by atoms with Gasteiger partial charge in [0.25, 0.3) is 0 Å². The van der Waals surface area contributed by atoms with Crippen molar-refractivity contribution in [2.45, 2.75) is 277 Å². The SMILES string of the molecule is CC/C=C\C/C=C\C/C=C\CCCCCCCCCCCC(=O)OCC(COC(=O)CCCC/C=C\C/C=C\C/C=C\CC)OC(=O)CCCCCCCCC/C=C\CCCCCCCCCC. The fourth-order valence-electron chi connectivity index (χ4n) is 7.88. The normalized spacial score (nSPS) is 12.7. The Bertz CT molecular complexity index is 1320. The molecule has 390 valence electrons. The third-order valence-electron chi connectivity index (χ3n) is 12.1. The minimum absolute atomic E-state index is 0.0931. The summed E-state index contributed by atoms with van der Waals surface area (Å²) in [5.74, 6) is -0.939. The number of ether oxygens (including phenoxy) is 3. The van der Waals surface area contributed by atoms with Crippen molar-refractivity contribution in [2.75, 3.05) is 13.2 Å². The van der Waals surface area contributed by atoms with Gasteiger partial charge in [-0.3, -0.25) is 14.4 Å². The Kier molecular flexibility index (Phi) is 53.4. The van der Waals surface area contributed by atoms with E-state index in [-0.39, 0.29) is 31.1 Å². The number of hydrogen-bond donors (Lipinski definition) is 0. The zero-order chi connectivity index (χ0) is 49.3. The predicted molar refractivity (Wildman–Crippen MR) is 293 cm³/mol. The van der Waals surface area contributed by atoms with Crippen LogP contribution in [0.1, 0.15) is 271 Å². The number of unbranched alkanes of at least 4 members (excludes halogenated alkanes) is 26. The van der Waals surface area contributed by atoms with Gasteiger partial charge in [0.15, 0.2) is 6.10 Å². The lowest BCUT2D eigenvalue weighted by molar-refractivity contribution is -0.167. The minimum Gasteiger partial charge on any atom is -0.462 e. The first-order chi connectivity index (χ1) is 33.5. The van der Waals surface area contributed by atoms with Crippen molar-refractivity contribution >= 4 is 17.9 Å². The van der Waals surface area contributed by atoms with Crippen molar-refractivity contribution in [3.8, 4) is 0 Å². The molecule has 0 spiro atoms. The van der Waals surface area contributed by atoms with Gasteiger partial charge in [-0.15, -0.1) is 0 Å². The van der Waals surface area contributed by atoms with Crippen molar-refractivity contribution in [3.63, 3.8) is 0 Å². The highest BCUT2D eigenvalue weighted by atomic mass is 16.6. The van der Waals surface area contributed by atoms with Crippen LogP contribution < -0.4 is 0 Å². The molecular weight excluding hydrogens is 841 g/mol. The molecule has 0 aliphatic heterocycles. The lowest BCUT2D eigenvalue weighted by Crippen LogP contribution is -2.30. The summed E-state index contributed by atoms with van der Waals surface area (Å²) in [5.41, 5.74) is 0. The van der Waals surface area contributed by atoms with Crippen LogP contribution in [-0.4, -0.2) is 37.2 Å². The first kappa shape index (κ1) is 64.6. The van der Waals surface area contributed by atoms with Crippen LogP contribution in [0.4, 0.5) is 0 Å². The number of rotatable bonds is 51. The molecule has 0 amide bonds. The molecule has 0 aromatic rings. The van der Waals surface area contributed by atoms with Crippen LogP contribution in [-0.2, 0) is 28.6 Å². The van der Waals surface area contributed by atoms with E-state index in [1.165, 1.54) is 135 Å². The molecule has 0 rings (SSSR count). The van der Waals surface area contributed by atoms with E-state index in [1.807, 2.05) is 0 Å². The van der Waals surface area contributed by atoms with Crippen molar-refractivity contribution in [3.05, 3.63) is 85.1 Å². The molecule has 0 bridgehead atoms. The molecule has 6 heteroatoms. The van der Waals surface area contributed by atoms with Gasteiger partial charge in [-0.05, 0) is 109 Å². The second kappa shape index (κ2) is 56.2. The highest BCUT2D eigenvalue weighted by Gasteiger charge is 2.19. The standard InChI is InChI=1S/C62H106O6/c1-4-7-10-13-16-19-22-25-27-29-31-33-35-37-40-43-46-49-52-55-61(64)67-58-59(57-66-60(63)54-51-48-45-42-39-24-21-18-15-12-9-6-3)68-62(65)56-53-50-47-44-41-38-36-34-32-30-28-26-23-20-17-14-11-8-5-2/h7,9-10,12,16,18-19,21,25,27,30,32,39,42,59H,4-6,8,11,13-15,17,20,22-24,26,28-29,31,33-38,40-41,43-58H2,1-3H3/b10-7-,12-9-,19-16-,21-18-,27-25-,32-30-,42-39-. The van der Waals surface area contributed by atoms with Gasteiger partial charge < -0.3 is 14.2 Å². The minimum atomic E-state index is -0.797. The summed E-state index contributed by atoms with van der Waals surface area (Å²) >= 11 is 0. The molecule has 0 heterocycles. The highest BCUT2D eigenvalue weighted by Crippen LogP contribution is 2.15. The molecule has 1 atom stereocenters. The van der Waals surface area contributed by atoms with Gasteiger partial charge in [-0.2, -0.15) is 0 Å². The smallest absolute Gasteiger partial charge is 0.306 e. The number of carbonyl (C=O) groups is 3. The van der Waals surface area contributed by atoms with E-state index in [1.54, 1.807) is 0 Å². The van der Waals surface area contributed by atoms with Crippen molar-refractivity contribution in [1.82, 2.24) is 0 Å². The lowest BCUT2D eigenvalue weighted by atomic mass is 10.1. The molecule has 0 aromatic carbocycles. The molecule has 0 radical (unpaired) electrons. The third-order valence-corrected chi connectivity index (χ3v) is 12.1. The van der Waals surface area contributed by atoms with Crippen LogP contribution in [0.3, 0.4) is 0 Å². The quantitative estimate of drug-likeness (QED) is 0.0262. The van der Waals surface area contributed by atoms with Crippen LogP contribution in [0.15, 0.2) is 85.1 Å². The van der Waals surface area contributed by atoms with Gasteiger partial charge in [0.05, 0.1) is 0 Å². The van der Waals surface area contributed by atoms with Gasteiger partial charge in [0.1, 0.15) is 13.2 Å². The summed E-state index contributed by atoms with van der Waals surface area (Å²) in [6.07, 6.45) is 73.0. The Hall–Kier alpha value is -3.41. The maximum absolute atomic E-state index is 12.9. The predicted octanol–water partition coefficient (Wildman–Crippen LogP) is 19.2. The van der Waals surface area contributed by atoms with Crippen LogP contribution in [0, 0.1) is 0 Å². The van der Waals surface area contributed by atoms with Gasteiger partial charge >= 0.3 is 17.9 Å². The molecule has 0 fully saturated rings. The van der Waals surface area contributed by atoms with E-state index in [4.69, 9.17) is 14.2 Å². The first-order valence-corrected chi connectivity index (χ1v) is 28.6. The topological polar surface area (TPSA) is 78.9 Å². The summed E-state index contributed by atoms with van der Waals surface area (Å²) in [6.45, 7) is 6.38. The second-order valence-corrected chi connectivity index (χ2v) is 18.8. The summed E-state index contributed by atoms with van der Waals surface area (Å²) in [6, 6.07) is 0. The molecule has 0 saturated carbocycles. The van der Waals surface area contributed by atoms with E-state index in [2.05, 4.69) is 106 Å². The third kappa shape index (κ3) is 53.5. The molecule has 0 N–H and O–H groups in total. The number of carbonyl (C=O) groups excluding carboxylic acids is 3. The fourth-order valence-corrected chi connectivity index (χ4v) is 7.88. The van der Waals surface area contributed by atoms with Crippen LogP contribution in [0.2, 0.25) is 0 Å². The van der Waals surface area contributed by atoms with E-state index >= 15 is 0 Å². The van der Waals surface area contributed by atoms with Gasteiger partial charge in [0, 0.05) is 19.3 Å². The van der Waals surface area contributed by atoms with Gasteiger partial charge in [-0.25, -0.2) is 0 Å². The molecule has 1 unspecified atom stereocenters. The Balaban J connectivity index is 4.38. The summed E-state index contributed by atoms with van der Waals surface area (Å²) in [4.78, 5) is 38.1. The molecule has 6 nitrogen and oxygen atoms in total. The van der Waals surface area contributed by atoms with Gasteiger partial charge in [-0.1, -0.05) is 228 Å². The average Bonchev–Trinajstić information content (AvgIpc) is 3.34. The zero-order valence-corrected chi connectivity index (χ0v) is 44.6. The molecule has 0 aliphatic carbocycles. The van der Waals surface area contributed by atoms with Crippen LogP contribution in [0.5, 0.6) is 0 Å². The largest absolute Gasteiger partial charge is 0.462 e. The first-order valence-electron chi connectivity index (χ1n) is 28.6. The molecule has 68 heavy (non-hydrogen) atoms. The molecule has 0 aliphatic rings. The Morgan fingerprint density at radius 1 is 0.309 bits per heavy atom. The summed E-state index contributed by atoms with van der Waals surface area (Å²) in [7, 11) is 0. The fraction of sp³-hybridized carbons (Fsp3) is 0.726. The molecule has 0 saturated heterocycles. The maximum Gasteiger partial charge on any atom is 0.306 e. The van der Waals surface area contributed by atoms with Crippen molar-refractivity contribution in [2.24, 2.45) is 0 Å². The van der Waals surface area contributed by atoms with Crippen LogP contribution >= 0.6 is 0 Å². The Morgan fingerprint density at radius 3 is 0.941 bits per heavy atom. The van der Waals surface area contributed by atoms with Crippen LogP contribution in [0.25, 0.3) is 0 Å². The summed E-state index contributed by atoms with van der Waals surface area (Å²) < 4.78 is 16.8. The van der Waals surface area contributed by atoms with E-state index in [0.717, 1.165) is 96.3 Å². The van der Waals surface area contributed by atoms with E-state index in [0.29, 0.717) is 19.3 Å². The number of hydrogen-bond acceptors (Lipinski definition) is 6. The molecular formula is C62H106O6. The maximum atomic E-state index is 12.9. The summed E-state index contributed by atoms with van der Waals surface area (Å²) in [5, 5.41) is 0. The monoisotopic (exact) mass is 947 g/mol. The molecule has 0 aromatic heterocycles. The lowest BCUT2D eigenvalue weighted by Gasteiger charge is -2.18. The van der Waals surface area contributed by atoms with Crippen molar-refractivity contribution < 1.29 is 28.6 Å². The number of allylic oxidation sites excluding steroid dienone is 14. The Labute approximate surface area is 420 Å². The van der Waals surface area contributed by atoms with E-state index in [9.17, 15) is 14.4 Å². The zero-order valence-electron chi connectivity index (χ0n) is 44.6. The Morgan fingerprint density at radius 2 is 0.574 bits per heavy atom. The van der Waals surface area contributed by atoms with E-state index < -0.39 is 6.10 Å². The number of esters is 3. The van der Waals surface area contributed by atoms with Gasteiger partial charge in [0.2, 0.25) is 0 Å². The second-order valence-electron chi connectivity index (χ2n) is 18.8.